The van der Waals surface area contributed by atoms with Crippen LogP contribution in [0, 0.1) is 0 Å². The first-order chi connectivity index (χ1) is 6.79. The summed E-state index contributed by atoms with van der Waals surface area (Å²) in [6.07, 6.45) is -4.69. The normalized spacial score (nSPS) is 11.3. The number of halogens is 4. The van der Waals surface area contributed by atoms with Gasteiger partial charge in [0.05, 0.1) is 10.7 Å². The highest BCUT2D eigenvalue weighted by atomic mass is 35.5. The van der Waals surface area contributed by atoms with Gasteiger partial charge in [0.15, 0.2) is 0 Å². The van der Waals surface area contributed by atoms with Crippen molar-refractivity contribution < 1.29 is 17.9 Å². The molecule has 0 atom stereocenters. The number of hydrogen-bond acceptors (Lipinski definition) is 2. The zero-order valence-corrected chi connectivity index (χ0v) is 8.86. The highest BCUT2D eigenvalue weighted by molar-refractivity contribution is 6.33. The van der Waals surface area contributed by atoms with Gasteiger partial charge in [-0.25, -0.2) is 0 Å². The molecule has 1 rings (SSSR count). The number of anilines is 1. The topological polar surface area (TPSA) is 12.5 Å². The summed E-state index contributed by atoms with van der Waals surface area (Å²) < 4.78 is 39.3. The quantitative estimate of drug-likeness (QED) is 0.785. The average Bonchev–Trinajstić information content (AvgIpc) is 1.99. The molecule has 0 radical (unpaired) electrons. The molecular formula is C9H9ClF3NO. The first-order valence-electron chi connectivity index (χ1n) is 4.02. The largest absolute Gasteiger partial charge is 0.573 e. The first-order valence-corrected chi connectivity index (χ1v) is 4.40. The molecule has 0 saturated heterocycles. The van der Waals surface area contributed by atoms with Gasteiger partial charge in [-0.05, 0) is 12.1 Å². The van der Waals surface area contributed by atoms with E-state index >= 15 is 0 Å². The van der Waals surface area contributed by atoms with E-state index in [9.17, 15) is 13.2 Å². The van der Waals surface area contributed by atoms with E-state index in [1.807, 2.05) is 0 Å². The van der Waals surface area contributed by atoms with Gasteiger partial charge in [-0.3, -0.25) is 0 Å². The van der Waals surface area contributed by atoms with Crippen molar-refractivity contribution in [3.05, 3.63) is 23.2 Å². The van der Waals surface area contributed by atoms with E-state index in [-0.39, 0.29) is 10.8 Å². The van der Waals surface area contributed by atoms with E-state index < -0.39 is 6.36 Å². The van der Waals surface area contributed by atoms with Crippen LogP contribution in [0.2, 0.25) is 5.02 Å². The van der Waals surface area contributed by atoms with E-state index in [0.717, 1.165) is 6.07 Å². The van der Waals surface area contributed by atoms with Gasteiger partial charge in [-0.2, -0.15) is 0 Å². The van der Waals surface area contributed by atoms with E-state index in [0.29, 0.717) is 5.69 Å². The first kappa shape index (κ1) is 12.0. The maximum Gasteiger partial charge on any atom is 0.573 e. The fourth-order valence-corrected chi connectivity index (χ4v) is 1.39. The summed E-state index contributed by atoms with van der Waals surface area (Å²) >= 11 is 5.76. The Kier molecular flexibility index (Phi) is 3.34. The summed E-state index contributed by atoms with van der Waals surface area (Å²) in [5, 5.41) is 0.210. The van der Waals surface area contributed by atoms with Crippen molar-refractivity contribution in [2.75, 3.05) is 19.0 Å². The molecule has 1 aromatic rings. The van der Waals surface area contributed by atoms with Crippen LogP contribution in [0.4, 0.5) is 18.9 Å². The van der Waals surface area contributed by atoms with Gasteiger partial charge >= 0.3 is 6.36 Å². The molecule has 0 amide bonds. The molecule has 0 spiro atoms. The van der Waals surface area contributed by atoms with Crippen molar-refractivity contribution in [2.45, 2.75) is 6.36 Å². The molecule has 0 aromatic heterocycles. The Balaban J connectivity index is 2.92. The lowest BCUT2D eigenvalue weighted by molar-refractivity contribution is -0.274. The molecule has 1 aromatic carbocycles. The van der Waals surface area contributed by atoms with Gasteiger partial charge < -0.3 is 9.64 Å². The molecule has 0 unspecified atom stereocenters. The van der Waals surface area contributed by atoms with Crippen molar-refractivity contribution in [2.24, 2.45) is 0 Å². The van der Waals surface area contributed by atoms with E-state index in [4.69, 9.17) is 11.6 Å². The van der Waals surface area contributed by atoms with Crippen LogP contribution in [0.3, 0.4) is 0 Å². The summed E-state index contributed by atoms with van der Waals surface area (Å²) in [5.41, 5.74) is 0.631. The smallest absolute Gasteiger partial charge is 0.406 e. The van der Waals surface area contributed by atoms with Crippen molar-refractivity contribution >= 4 is 17.3 Å². The number of nitrogens with zero attached hydrogens (tertiary/aromatic N) is 1. The van der Waals surface area contributed by atoms with Gasteiger partial charge in [-0.15, -0.1) is 13.2 Å². The molecule has 0 fully saturated rings. The van der Waals surface area contributed by atoms with E-state index in [2.05, 4.69) is 4.74 Å². The van der Waals surface area contributed by atoms with Crippen LogP contribution in [0.5, 0.6) is 5.75 Å². The minimum atomic E-state index is -4.69. The minimum absolute atomic E-state index is 0.210. The lowest BCUT2D eigenvalue weighted by atomic mass is 10.3. The Bertz CT molecular complexity index is 352. The van der Waals surface area contributed by atoms with E-state index in [1.54, 1.807) is 19.0 Å². The Labute approximate surface area is 90.2 Å². The van der Waals surface area contributed by atoms with Crippen LogP contribution in [-0.4, -0.2) is 20.5 Å². The third-order valence-corrected chi connectivity index (χ3v) is 1.94. The lowest BCUT2D eigenvalue weighted by Crippen LogP contribution is -2.17. The molecule has 0 aliphatic heterocycles. The summed E-state index contributed by atoms with van der Waals surface area (Å²) in [6, 6.07) is 3.81. The van der Waals surface area contributed by atoms with Gasteiger partial charge in [0.1, 0.15) is 5.75 Å². The van der Waals surface area contributed by atoms with Crippen LogP contribution in [0.1, 0.15) is 0 Å². The fraction of sp³-hybridized carbons (Fsp3) is 0.333. The van der Waals surface area contributed by atoms with Crippen LogP contribution in [0.15, 0.2) is 18.2 Å². The second kappa shape index (κ2) is 4.18. The molecule has 0 bridgehead atoms. The standard InChI is InChI=1S/C9H9ClF3NO/c1-14(2)8-4-3-6(5-7(8)10)15-9(11,12)13/h3-5H,1-2H3. The van der Waals surface area contributed by atoms with Crippen molar-refractivity contribution in [1.29, 1.82) is 0 Å². The second-order valence-corrected chi connectivity index (χ2v) is 3.46. The number of hydrogen-bond donors (Lipinski definition) is 0. The van der Waals surface area contributed by atoms with Crippen molar-refractivity contribution in [3.63, 3.8) is 0 Å². The van der Waals surface area contributed by atoms with Gasteiger partial charge in [0, 0.05) is 20.2 Å². The third kappa shape index (κ3) is 3.51. The lowest BCUT2D eigenvalue weighted by Gasteiger charge is -2.15. The Morgan fingerprint density at radius 2 is 1.87 bits per heavy atom. The number of benzene rings is 1. The number of rotatable bonds is 2. The molecule has 0 N–H and O–H groups in total. The molecular weight excluding hydrogens is 231 g/mol. The van der Waals surface area contributed by atoms with Crippen molar-refractivity contribution in [1.82, 2.24) is 0 Å². The molecule has 0 heterocycles. The zero-order chi connectivity index (χ0) is 11.6. The molecule has 0 aliphatic rings. The molecule has 2 nitrogen and oxygen atoms in total. The van der Waals surface area contributed by atoms with Gasteiger partial charge in [0.2, 0.25) is 0 Å². The average molecular weight is 240 g/mol. The van der Waals surface area contributed by atoms with Gasteiger partial charge in [0.25, 0.3) is 0 Å². The van der Waals surface area contributed by atoms with Crippen LogP contribution < -0.4 is 9.64 Å². The highest BCUT2D eigenvalue weighted by Crippen LogP contribution is 2.31. The summed E-state index contributed by atoms with van der Waals surface area (Å²) in [7, 11) is 3.48. The van der Waals surface area contributed by atoms with Crippen LogP contribution >= 0.6 is 11.6 Å². The third-order valence-electron chi connectivity index (χ3n) is 1.63. The molecule has 0 saturated carbocycles. The van der Waals surface area contributed by atoms with Crippen molar-refractivity contribution in [3.8, 4) is 5.75 Å². The summed E-state index contributed by atoms with van der Waals surface area (Å²) in [4.78, 5) is 1.69. The highest BCUT2D eigenvalue weighted by Gasteiger charge is 2.31. The summed E-state index contributed by atoms with van der Waals surface area (Å²) in [5.74, 6) is -0.321. The summed E-state index contributed by atoms with van der Waals surface area (Å²) in [6.45, 7) is 0. The second-order valence-electron chi connectivity index (χ2n) is 3.06. The molecule has 15 heavy (non-hydrogen) atoms. The number of alkyl halides is 3. The Morgan fingerprint density at radius 3 is 2.27 bits per heavy atom. The van der Waals surface area contributed by atoms with Crippen LogP contribution in [-0.2, 0) is 0 Å². The molecule has 6 heteroatoms. The predicted octanol–water partition coefficient (Wildman–Crippen LogP) is 3.30. The monoisotopic (exact) mass is 239 g/mol. The van der Waals surface area contributed by atoms with Crippen LogP contribution in [0.25, 0.3) is 0 Å². The number of ether oxygens (including phenoxy) is 1. The minimum Gasteiger partial charge on any atom is -0.406 e. The Hall–Kier alpha value is -1.10. The molecule has 84 valence electrons. The van der Waals surface area contributed by atoms with E-state index in [1.165, 1.54) is 12.1 Å². The van der Waals surface area contributed by atoms with Gasteiger partial charge in [-0.1, -0.05) is 11.6 Å². The molecule has 0 aliphatic carbocycles. The maximum atomic E-state index is 11.9. The maximum absolute atomic E-state index is 11.9. The zero-order valence-electron chi connectivity index (χ0n) is 8.10. The fourth-order valence-electron chi connectivity index (χ4n) is 1.05. The predicted molar refractivity (Wildman–Crippen MR) is 52.5 cm³/mol. The SMILES string of the molecule is CN(C)c1ccc(OC(F)(F)F)cc1Cl. The Morgan fingerprint density at radius 1 is 1.27 bits per heavy atom.